The topological polar surface area (TPSA) is 72.5 Å². The second-order valence-corrected chi connectivity index (χ2v) is 8.15. The van der Waals surface area contributed by atoms with E-state index in [1.807, 2.05) is 0 Å². The molecule has 2 atom stereocenters. The predicted molar refractivity (Wildman–Crippen MR) is 76.6 cm³/mol. The van der Waals surface area contributed by atoms with Gasteiger partial charge in [0.15, 0.2) is 0 Å². The van der Waals surface area contributed by atoms with Crippen molar-refractivity contribution in [2.75, 3.05) is 7.11 Å². The van der Waals surface area contributed by atoms with E-state index in [1.54, 1.807) is 0 Å². The lowest BCUT2D eigenvalue weighted by Gasteiger charge is -2.28. The number of sulfonamides is 1. The monoisotopic (exact) mass is 303 g/mol. The summed E-state index contributed by atoms with van der Waals surface area (Å²) in [5.74, 6) is -0.208. The first-order valence-corrected chi connectivity index (χ1v) is 9.07. The molecule has 2 rings (SSSR count). The molecule has 2 unspecified atom stereocenters. The summed E-state index contributed by atoms with van der Waals surface area (Å²) in [6.45, 7) is 2.20. The Bertz CT molecular complexity index is 440. The minimum atomic E-state index is -3.43. The van der Waals surface area contributed by atoms with E-state index in [0.29, 0.717) is 18.8 Å². The van der Waals surface area contributed by atoms with Crippen LogP contribution < -0.4 is 4.72 Å². The SMILES string of the molecule is COC(=O)C1CCCC1S(=O)(=O)NC1CCC(C)CC1. The van der Waals surface area contributed by atoms with Gasteiger partial charge in [-0.15, -0.1) is 0 Å². The van der Waals surface area contributed by atoms with Gasteiger partial charge < -0.3 is 4.74 Å². The van der Waals surface area contributed by atoms with E-state index in [4.69, 9.17) is 4.74 Å². The number of nitrogens with one attached hydrogen (secondary N) is 1. The Morgan fingerprint density at radius 3 is 2.35 bits per heavy atom. The van der Waals surface area contributed by atoms with Crippen molar-refractivity contribution in [3.63, 3.8) is 0 Å². The molecule has 0 heterocycles. The van der Waals surface area contributed by atoms with E-state index in [9.17, 15) is 13.2 Å². The maximum absolute atomic E-state index is 12.5. The first kappa shape index (κ1) is 15.8. The largest absolute Gasteiger partial charge is 0.469 e. The summed E-state index contributed by atoms with van der Waals surface area (Å²) >= 11 is 0. The van der Waals surface area contributed by atoms with Gasteiger partial charge in [-0.05, 0) is 44.4 Å². The summed E-state index contributed by atoms with van der Waals surface area (Å²) in [6, 6.07) is 0.0371. The molecule has 0 amide bonds. The Morgan fingerprint density at radius 2 is 1.75 bits per heavy atom. The lowest BCUT2D eigenvalue weighted by Crippen LogP contribution is -2.45. The average molecular weight is 303 g/mol. The van der Waals surface area contributed by atoms with Gasteiger partial charge in [-0.2, -0.15) is 0 Å². The van der Waals surface area contributed by atoms with Crippen molar-refractivity contribution in [2.45, 2.75) is 63.2 Å². The molecular weight excluding hydrogens is 278 g/mol. The number of ether oxygens (including phenoxy) is 1. The summed E-state index contributed by atoms with van der Waals surface area (Å²) in [4.78, 5) is 11.7. The highest BCUT2D eigenvalue weighted by atomic mass is 32.2. The minimum absolute atomic E-state index is 0.0371. The van der Waals surface area contributed by atoms with E-state index in [1.165, 1.54) is 7.11 Å². The highest BCUT2D eigenvalue weighted by Gasteiger charge is 2.43. The van der Waals surface area contributed by atoms with Crippen molar-refractivity contribution < 1.29 is 17.9 Å². The maximum atomic E-state index is 12.5. The molecule has 2 saturated carbocycles. The normalized spacial score (nSPS) is 34.9. The first-order valence-electron chi connectivity index (χ1n) is 7.53. The van der Waals surface area contributed by atoms with Crippen LogP contribution >= 0.6 is 0 Å². The Labute approximate surface area is 121 Å². The third-order valence-corrected chi connectivity index (χ3v) is 6.73. The molecule has 0 aliphatic heterocycles. The summed E-state index contributed by atoms with van der Waals surface area (Å²) in [6.07, 6.45) is 5.87. The molecule has 0 aromatic heterocycles. The van der Waals surface area contributed by atoms with Crippen LogP contribution in [0.4, 0.5) is 0 Å². The fraction of sp³-hybridized carbons (Fsp3) is 0.929. The van der Waals surface area contributed by atoms with Crippen molar-refractivity contribution in [3.05, 3.63) is 0 Å². The van der Waals surface area contributed by atoms with Gasteiger partial charge in [-0.1, -0.05) is 13.3 Å². The van der Waals surface area contributed by atoms with Crippen molar-refractivity contribution in [1.29, 1.82) is 0 Å². The summed E-state index contributed by atoms with van der Waals surface area (Å²) < 4.78 is 32.6. The van der Waals surface area contributed by atoms with Crippen LogP contribution in [-0.2, 0) is 19.6 Å². The van der Waals surface area contributed by atoms with E-state index in [0.717, 1.165) is 32.1 Å². The van der Waals surface area contributed by atoms with Gasteiger partial charge in [-0.25, -0.2) is 13.1 Å². The number of carbonyl (C=O) groups excluding carboxylic acids is 1. The number of carbonyl (C=O) groups is 1. The van der Waals surface area contributed by atoms with Crippen molar-refractivity contribution in [3.8, 4) is 0 Å². The predicted octanol–water partition coefficient (Wildman–Crippen LogP) is 1.83. The highest BCUT2D eigenvalue weighted by Crippen LogP contribution is 2.33. The van der Waals surface area contributed by atoms with Crippen LogP contribution in [0.25, 0.3) is 0 Å². The van der Waals surface area contributed by atoms with Gasteiger partial charge >= 0.3 is 5.97 Å². The second kappa shape index (κ2) is 6.43. The zero-order chi connectivity index (χ0) is 14.8. The molecule has 0 saturated heterocycles. The lowest BCUT2D eigenvalue weighted by molar-refractivity contribution is -0.145. The van der Waals surface area contributed by atoms with Crippen molar-refractivity contribution in [2.24, 2.45) is 11.8 Å². The zero-order valence-corrected chi connectivity index (χ0v) is 13.1. The summed E-state index contributed by atoms with van der Waals surface area (Å²) in [5.41, 5.74) is 0. The number of methoxy groups -OCH3 is 1. The van der Waals surface area contributed by atoms with Crippen LogP contribution in [-0.4, -0.2) is 32.8 Å². The molecule has 0 radical (unpaired) electrons. The standard InChI is InChI=1S/C14H25NO4S/c1-10-6-8-11(9-7-10)15-20(17,18)13-5-3-4-12(13)14(16)19-2/h10-13,15H,3-9H2,1-2H3. The molecule has 2 fully saturated rings. The average Bonchev–Trinajstić information content (AvgIpc) is 2.90. The van der Waals surface area contributed by atoms with Crippen LogP contribution in [0.15, 0.2) is 0 Å². The minimum Gasteiger partial charge on any atom is -0.469 e. The zero-order valence-electron chi connectivity index (χ0n) is 12.3. The Kier molecular flexibility index (Phi) is 5.07. The fourth-order valence-electron chi connectivity index (χ4n) is 3.42. The smallest absolute Gasteiger partial charge is 0.310 e. The molecule has 2 aliphatic carbocycles. The van der Waals surface area contributed by atoms with Crippen LogP contribution in [0.3, 0.4) is 0 Å². The quantitative estimate of drug-likeness (QED) is 0.804. The molecule has 2 aliphatic rings. The highest BCUT2D eigenvalue weighted by molar-refractivity contribution is 7.90. The molecular formula is C14H25NO4S. The van der Waals surface area contributed by atoms with Gasteiger partial charge in [-0.3, -0.25) is 4.79 Å². The molecule has 6 heteroatoms. The Morgan fingerprint density at radius 1 is 1.10 bits per heavy atom. The van der Waals surface area contributed by atoms with E-state index in [-0.39, 0.29) is 6.04 Å². The molecule has 5 nitrogen and oxygen atoms in total. The third kappa shape index (κ3) is 3.52. The van der Waals surface area contributed by atoms with Crippen LogP contribution in [0, 0.1) is 11.8 Å². The van der Waals surface area contributed by atoms with Gasteiger partial charge in [0.05, 0.1) is 18.3 Å². The second-order valence-electron chi connectivity index (χ2n) is 6.22. The molecule has 0 bridgehead atoms. The molecule has 20 heavy (non-hydrogen) atoms. The number of hydrogen-bond donors (Lipinski definition) is 1. The number of esters is 1. The molecule has 0 aromatic rings. The van der Waals surface area contributed by atoms with E-state index in [2.05, 4.69) is 11.6 Å². The molecule has 1 N–H and O–H groups in total. The van der Waals surface area contributed by atoms with Gasteiger partial charge in [0.2, 0.25) is 10.0 Å². The first-order chi connectivity index (χ1) is 9.44. The van der Waals surface area contributed by atoms with E-state index < -0.39 is 27.2 Å². The van der Waals surface area contributed by atoms with Crippen LogP contribution in [0.1, 0.15) is 51.9 Å². The van der Waals surface area contributed by atoms with Gasteiger partial charge in [0, 0.05) is 6.04 Å². The lowest BCUT2D eigenvalue weighted by atomic mass is 9.88. The maximum Gasteiger partial charge on any atom is 0.310 e. The third-order valence-electron chi connectivity index (χ3n) is 4.70. The van der Waals surface area contributed by atoms with Gasteiger partial charge in [0.1, 0.15) is 0 Å². The van der Waals surface area contributed by atoms with Crippen LogP contribution in [0.5, 0.6) is 0 Å². The van der Waals surface area contributed by atoms with Crippen molar-refractivity contribution >= 4 is 16.0 Å². The number of rotatable bonds is 4. The van der Waals surface area contributed by atoms with Crippen LogP contribution in [0.2, 0.25) is 0 Å². The molecule has 0 spiro atoms. The number of hydrogen-bond acceptors (Lipinski definition) is 4. The Balaban J connectivity index is 2.00. The summed E-state index contributed by atoms with van der Waals surface area (Å²) in [5, 5.41) is -0.616. The van der Waals surface area contributed by atoms with E-state index >= 15 is 0 Å². The van der Waals surface area contributed by atoms with Crippen molar-refractivity contribution in [1.82, 2.24) is 4.72 Å². The Hall–Kier alpha value is -0.620. The molecule has 0 aromatic carbocycles. The summed E-state index contributed by atoms with van der Waals surface area (Å²) in [7, 11) is -2.11. The molecule has 116 valence electrons. The van der Waals surface area contributed by atoms with Gasteiger partial charge in [0.25, 0.3) is 0 Å². The fourth-order valence-corrected chi connectivity index (χ4v) is 5.45.